The maximum Gasteiger partial charge on any atom is 0.407 e. The second kappa shape index (κ2) is 17.0. The van der Waals surface area contributed by atoms with Gasteiger partial charge in [-0.05, 0) is 43.6 Å². The van der Waals surface area contributed by atoms with Crippen molar-refractivity contribution in [2.24, 2.45) is 11.8 Å². The topological polar surface area (TPSA) is 200 Å². The first-order chi connectivity index (χ1) is 29.0. The Balaban J connectivity index is 1.05. The maximum atomic E-state index is 13.7. The highest BCUT2D eigenvalue weighted by Gasteiger charge is 2.39. The van der Waals surface area contributed by atoms with Gasteiger partial charge in [-0.2, -0.15) is 0 Å². The van der Waals surface area contributed by atoms with Gasteiger partial charge in [-0.15, -0.1) is 22.7 Å². The lowest BCUT2D eigenvalue weighted by Gasteiger charge is -2.30. The first-order valence-electron chi connectivity index (χ1n) is 20.1. The molecule has 0 radical (unpaired) electrons. The minimum atomic E-state index is -0.716. The molecule has 18 heteroatoms. The molecule has 2 aliphatic rings. The Morgan fingerprint density at radius 3 is 1.58 bits per heavy atom. The van der Waals surface area contributed by atoms with Gasteiger partial charge in [-0.25, -0.2) is 29.5 Å². The van der Waals surface area contributed by atoms with Gasteiger partial charge in [0.25, 0.3) is 0 Å². The van der Waals surface area contributed by atoms with E-state index in [2.05, 4.69) is 38.8 Å². The molecule has 2 fully saturated rings. The summed E-state index contributed by atoms with van der Waals surface area (Å²) in [4.78, 5) is 81.4. The molecular formula is C42H48N10O6S2. The van der Waals surface area contributed by atoms with Crippen molar-refractivity contribution in [1.82, 2.24) is 50.3 Å². The summed E-state index contributed by atoms with van der Waals surface area (Å²) in [7, 11) is 2.58. The predicted molar refractivity (Wildman–Crippen MR) is 229 cm³/mol. The molecule has 6 heterocycles. The number of carbonyl (C=O) groups excluding carboxylic acids is 4. The van der Waals surface area contributed by atoms with Crippen LogP contribution in [0.1, 0.15) is 77.1 Å². The van der Waals surface area contributed by atoms with Gasteiger partial charge in [0.1, 0.15) is 23.7 Å². The van der Waals surface area contributed by atoms with Gasteiger partial charge in [0.15, 0.2) is 0 Å². The third-order valence-corrected chi connectivity index (χ3v) is 13.2. The molecule has 314 valence electrons. The number of carbonyl (C=O) groups is 4. The summed E-state index contributed by atoms with van der Waals surface area (Å²) in [5.41, 5.74) is 10.9. The number of imidazole rings is 2. The van der Waals surface area contributed by atoms with Crippen molar-refractivity contribution in [3.05, 3.63) is 59.3 Å². The summed E-state index contributed by atoms with van der Waals surface area (Å²) in [6.07, 6.45) is 5.49. The van der Waals surface area contributed by atoms with Crippen LogP contribution in [0.4, 0.5) is 9.59 Å². The van der Waals surface area contributed by atoms with E-state index in [-0.39, 0.29) is 35.7 Å². The number of amides is 4. The van der Waals surface area contributed by atoms with Gasteiger partial charge in [-0.3, -0.25) is 9.59 Å². The van der Waals surface area contributed by atoms with Crippen LogP contribution in [-0.2, 0) is 19.1 Å². The Bertz CT molecular complexity index is 2380. The lowest BCUT2D eigenvalue weighted by atomic mass is 9.99. The van der Waals surface area contributed by atoms with Crippen LogP contribution in [0.2, 0.25) is 0 Å². The zero-order valence-corrected chi connectivity index (χ0v) is 35.9. The van der Waals surface area contributed by atoms with Crippen LogP contribution in [0.15, 0.2) is 47.7 Å². The van der Waals surface area contributed by atoms with Crippen LogP contribution in [0, 0.1) is 11.8 Å². The Morgan fingerprint density at radius 2 is 1.08 bits per heavy atom. The first-order valence-corrected chi connectivity index (χ1v) is 21.9. The van der Waals surface area contributed by atoms with Crippen molar-refractivity contribution in [2.45, 2.75) is 77.5 Å². The van der Waals surface area contributed by atoms with E-state index >= 15 is 0 Å². The largest absolute Gasteiger partial charge is 0.453 e. The summed E-state index contributed by atoms with van der Waals surface area (Å²) in [6, 6.07) is 6.38. The fourth-order valence-corrected chi connectivity index (χ4v) is 10.1. The molecule has 4 N–H and O–H groups in total. The first kappa shape index (κ1) is 40.9. The molecule has 16 nitrogen and oxygen atoms in total. The van der Waals surface area contributed by atoms with E-state index in [9.17, 15) is 19.2 Å². The Morgan fingerprint density at radius 1 is 0.650 bits per heavy atom. The van der Waals surface area contributed by atoms with E-state index in [1.54, 1.807) is 33.8 Å². The SMILES string of the molecule is COC(=O)N[C@H](C(=O)N1CCC[C@H]1c1ncc(-c2ccc(-c3ccc(-c4cnc([C@@H]5CCCN5C(=O)[C@@H](NC(=O)OC)C(C)C)[nH]4)c4scnc34)c3scnc23)[nH]1)C(C)C. The average molecular weight is 853 g/mol. The predicted octanol–water partition coefficient (Wildman–Crippen LogP) is 7.44. The van der Waals surface area contributed by atoms with Crippen LogP contribution in [-0.4, -0.2) is 103 Å². The van der Waals surface area contributed by atoms with E-state index in [1.807, 2.05) is 55.9 Å². The number of rotatable bonds is 11. The summed E-state index contributed by atoms with van der Waals surface area (Å²) in [5.74, 6) is 0.817. The molecule has 0 bridgehead atoms. The molecule has 0 aliphatic carbocycles. The smallest absolute Gasteiger partial charge is 0.407 e. The standard InChI is InChI=1S/C42H48N10O6S2/c1-21(2)31(49-41(55)57-5)39(53)51-15-7-9-29(51)37-43-17-27(47-37)25-13-12-24(35-34(25)46-20-59-35)23-11-14-26(36-33(23)45-19-60-36)28-18-44-38(48-28)30-10-8-16-52(30)40(54)32(22(3)4)50-42(56)58-6/h11-14,17-22,29-32H,7-10,15-16H2,1-6H3,(H,43,47)(H,44,48)(H,49,55)(H,50,56)/t29-,30-,31-,32-/m0/s1. The molecule has 4 aromatic heterocycles. The fraction of sp³-hybridized carbons (Fsp3) is 0.429. The van der Waals surface area contributed by atoms with Crippen LogP contribution in [0.5, 0.6) is 0 Å². The van der Waals surface area contributed by atoms with E-state index in [0.717, 1.165) is 79.8 Å². The number of ether oxygens (including phenoxy) is 2. The van der Waals surface area contributed by atoms with Crippen molar-refractivity contribution in [1.29, 1.82) is 0 Å². The number of hydrogen-bond acceptors (Lipinski definition) is 12. The Hall–Kier alpha value is -5.88. The molecule has 60 heavy (non-hydrogen) atoms. The van der Waals surface area contributed by atoms with Gasteiger partial charge < -0.3 is 39.9 Å². The van der Waals surface area contributed by atoms with Crippen molar-refractivity contribution in [2.75, 3.05) is 27.3 Å². The second-order valence-electron chi connectivity index (χ2n) is 15.8. The fourth-order valence-electron chi connectivity index (χ4n) is 8.43. The highest BCUT2D eigenvalue weighted by Crippen LogP contribution is 2.43. The lowest BCUT2D eigenvalue weighted by Crippen LogP contribution is -2.51. The van der Waals surface area contributed by atoms with E-state index < -0.39 is 24.3 Å². The zero-order chi connectivity index (χ0) is 42.2. The quantitative estimate of drug-likeness (QED) is 0.102. The number of H-pyrrole nitrogens is 2. The summed E-state index contributed by atoms with van der Waals surface area (Å²) >= 11 is 3.12. The number of nitrogens with zero attached hydrogens (tertiary/aromatic N) is 6. The van der Waals surface area contributed by atoms with Gasteiger partial charge in [0, 0.05) is 35.3 Å². The second-order valence-corrected chi connectivity index (χ2v) is 17.5. The number of alkyl carbamates (subject to hydrolysis) is 2. The normalized spacial score (nSPS) is 17.8. The van der Waals surface area contributed by atoms with Crippen molar-refractivity contribution in [3.63, 3.8) is 0 Å². The number of fused-ring (bicyclic) bond motifs is 2. The zero-order valence-electron chi connectivity index (χ0n) is 34.3. The molecule has 0 unspecified atom stereocenters. The minimum Gasteiger partial charge on any atom is -0.453 e. The van der Waals surface area contributed by atoms with E-state index in [0.29, 0.717) is 24.7 Å². The highest BCUT2D eigenvalue weighted by atomic mass is 32.1. The average Bonchev–Trinajstić information content (AvgIpc) is 4.10. The van der Waals surface area contributed by atoms with Gasteiger partial charge in [0.2, 0.25) is 11.8 Å². The van der Waals surface area contributed by atoms with E-state index in [4.69, 9.17) is 29.4 Å². The molecule has 8 rings (SSSR count). The maximum absolute atomic E-state index is 13.7. The number of methoxy groups -OCH3 is 2. The number of nitrogens with one attached hydrogen (secondary N) is 4. The molecule has 4 amide bonds. The minimum absolute atomic E-state index is 0.127. The lowest BCUT2D eigenvalue weighted by molar-refractivity contribution is -0.136. The van der Waals surface area contributed by atoms with Gasteiger partial charge in [-0.1, -0.05) is 45.9 Å². The number of hydrogen-bond donors (Lipinski definition) is 4. The van der Waals surface area contributed by atoms with Gasteiger partial charge >= 0.3 is 12.2 Å². The van der Waals surface area contributed by atoms with Crippen molar-refractivity contribution < 1.29 is 28.7 Å². The molecule has 2 saturated heterocycles. The van der Waals surface area contributed by atoms with Crippen molar-refractivity contribution in [3.8, 4) is 33.6 Å². The monoisotopic (exact) mass is 852 g/mol. The molecule has 2 aromatic carbocycles. The van der Waals surface area contributed by atoms with Crippen LogP contribution in [0.25, 0.3) is 54.1 Å². The molecule has 0 saturated carbocycles. The summed E-state index contributed by atoms with van der Waals surface area (Å²) in [5, 5.41) is 5.42. The number of benzene rings is 2. The number of aromatic nitrogens is 6. The molecule has 6 aromatic rings. The molecule has 4 atom stereocenters. The summed E-state index contributed by atoms with van der Waals surface area (Å²) < 4.78 is 11.6. The third-order valence-electron chi connectivity index (χ3n) is 11.5. The third kappa shape index (κ3) is 7.57. The number of aromatic amines is 2. The Kier molecular flexibility index (Phi) is 11.6. The van der Waals surface area contributed by atoms with Crippen LogP contribution in [0.3, 0.4) is 0 Å². The number of likely N-dealkylation sites (tertiary alicyclic amines) is 2. The van der Waals surface area contributed by atoms with Crippen molar-refractivity contribution >= 4 is 67.1 Å². The molecular weight excluding hydrogens is 805 g/mol. The molecule has 0 spiro atoms. The summed E-state index contributed by atoms with van der Waals surface area (Å²) in [6.45, 7) is 8.73. The highest BCUT2D eigenvalue weighted by molar-refractivity contribution is 7.18. The van der Waals surface area contributed by atoms with Crippen LogP contribution >= 0.6 is 22.7 Å². The van der Waals surface area contributed by atoms with Crippen LogP contribution < -0.4 is 10.6 Å². The number of thiazole rings is 2. The van der Waals surface area contributed by atoms with E-state index in [1.165, 1.54) is 14.2 Å². The van der Waals surface area contributed by atoms with Gasteiger partial charge in [0.05, 0.1) is 81.5 Å². The molecule has 2 aliphatic heterocycles. The Labute approximate surface area is 354 Å².